The zero-order valence-corrected chi connectivity index (χ0v) is 16.3. The Morgan fingerprint density at radius 3 is 2.78 bits per heavy atom. The average molecular weight is 389 g/mol. The molecule has 1 aliphatic carbocycles. The van der Waals surface area contributed by atoms with Crippen molar-refractivity contribution < 1.29 is 9.53 Å². The average Bonchev–Trinajstić information content (AvgIpc) is 3.45. The summed E-state index contributed by atoms with van der Waals surface area (Å²) < 4.78 is 7.31. The van der Waals surface area contributed by atoms with E-state index in [0.29, 0.717) is 31.4 Å². The molecule has 1 unspecified atom stereocenters. The standard InChI is InChI=1S/C20H25ClN4O2/c1-24-18(14-6-7-14)12-17(23-24)20(26)22-13-19(25-8-10-27-11-9-25)15-4-2-3-5-16(15)21/h2-5,12,14,19H,6-11,13H2,1H3,(H,22,26). The molecule has 0 spiro atoms. The number of morpholine rings is 1. The van der Waals surface area contributed by atoms with E-state index >= 15 is 0 Å². The zero-order valence-electron chi connectivity index (χ0n) is 15.5. The molecule has 2 aromatic rings. The van der Waals surface area contributed by atoms with Crippen LogP contribution in [0.2, 0.25) is 5.02 Å². The van der Waals surface area contributed by atoms with Crippen molar-refractivity contribution in [1.82, 2.24) is 20.0 Å². The number of rotatable bonds is 6. The number of hydrogen-bond donors (Lipinski definition) is 1. The third-order valence-electron chi connectivity index (χ3n) is 5.35. The number of halogens is 1. The van der Waals surface area contributed by atoms with E-state index in [1.165, 1.54) is 12.8 Å². The van der Waals surface area contributed by atoms with Crippen molar-refractivity contribution in [3.8, 4) is 0 Å². The molecule has 7 heteroatoms. The third kappa shape index (κ3) is 4.18. The van der Waals surface area contributed by atoms with E-state index in [1.807, 2.05) is 42.1 Å². The van der Waals surface area contributed by atoms with E-state index in [0.717, 1.165) is 29.4 Å². The quantitative estimate of drug-likeness (QED) is 0.826. The van der Waals surface area contributed by atoms with Gasteiger partial charge in [0.25, 0.3) is 5.91 Å². The first-order valence-corrected chi connectivity index (χ1v) is 9.89. The Kier molecular flexibility index (Phi) is 5.48. The molecule has 144 valence electrons. The van der Waals surface area contributed by atoms with Crippen LogP contribution in [0.15, 0.2) is 30.3 Å². The van der Waals surface area contributed by atoms with Gasteiger partial charge >= 0.3 is 0 Å². The largest absolute Gasteiger partial charge is 0.379 e. The van der Waals surface area contributed by atoms with Crippen LogP contribution in [0.5, 0.6) is 0 Å². The minimum atomic E-state index is -0.136. The predicted molar refractivity (Wildman–Crippen MR) is 104 cm³/mol. The number of amides is 1. The summed E-state index contributed by atoms with van der Waals surface area (Å²) in [6, 6.07) is 9.77. The van der Waals surface area contributed by atoms with E-state index in [9.17, 15) is 4.79 Å². The lowest BCUT2D eigenvalue weighted by atomic mass is 10.0. The summed E-state index contributed by atoms with van der Waals surface area (Å²) in [5.74, 6) is 0.427. The van der Waals surface area contributed by atoms with E-state index in [1.54, 1.807) is 0 Å². The second-order valence-corrected chi connectivity index (χ2v) is 7.66. The molecule has 4 rings (SSSR count). The topological polar surface area (TPSA) is 59.4 Å². The summed E-state index contributed by atoms with van der Waals surface area (Å²) in [5, 5.41) is 8.18. The van der Waals surface area contributed by atoms with Crippen LogP contribution in [0.4, 0.5) is 0 Å². The number of hydrogen-bond acceptors (Lipinski definition) is 4. The molecular weight excluding hydrogens is 364 g/mol. The lowest BCUT2D eigenvalue weighted by molar-refractivity contribution is 0.0162. The molecule has 0 bridgehead atoms. The Hall–Kier alpha value is -1.89. The Bertz CT molecular complexity index is 812. The number of carbonyl (C=O) groups excluding carboxylic acids is 1. The molecule has 1 aromatic carbocycles. The summed E-state index contributed by atoms with van der Waals surface area (Å²) in [7, 11) is 1.91. The van der Waals surface area contributed by atoms with Gasteiger partial charge in [-0.05, 0) is 30.5 Å². The van der Waals surface area contributed by atoms with Gasteiger partial charge in [0.05, 0.1) is 19.3 Å². The van der Waals surface area contributed by atoms with Crippen molar-refractivity contribution in [1.29, 1.82) is 0 Å². The van der Waals surface area contributed by atoms with Gasteiger partial charge in [-0.1, -0.05) is 29.8 Å². The molecule has 2 aliphatic rings. The number of benzene rings is 1. The van der Waals surface area contributed by atoms with E-state index in [4.69, 9.17) is 16.3 Å². The molecule has 1 atom stereocenters. The molecule has 1 saturated heterocycles. The fourth-order valence-corrected chi connectivity index (χ4v) is 3.97. The summed E-state index contributed by atoms with van der Waals surface area (Å²) in [5.41, 5.74) is 2.66. The van der Waals surface area contributed by atoms with Crippen molar-refractivity contribution in [3.05, 3.63) is 52.3 Å². The molecule has 1 aliphatic heterocycles. The van der Waals surface area contributed by atoms with Crippen LogP contribution in [0, 0.1) is 0 Å². The monoisotopic (exact) mass is 388 g/mol. The molecular formula is C20H25ClN4O2. The Morgan fingerprint density at radius 1 is 1.33 bits per heavy atom. The smallest absolute Gasteiger partial charge is 0.271 e. The number of aromatic nitrogens is 2. The van der Waals surface area contributed by atoms with E-state index in [-0.39, 0.29) is 11.9 Å². The number of aryl methyl sites for hydroxylation is 1. The molecule has 0 radical (unpaired) electrons. The number of carbonyl (C=O) groups is 1. The minimum Gasteiger partial charge on any atom is -0.379 e. The van der Waals surface area contributed by atoms with Gasteiger partial charge in [-0.3, -0.25) is 14.4 Å². The molecule has 27 heavy (non-hydrogen) atoms. The Balaban J connectivity index is 1.48. The highest BCUT2D eigenvalue weighted by molar-refractivity contribution is 6.31. The van der Waals surface area contributed by atoms with Crippen LogP contribution < -0.4 is 5.32 Å². The number of nitrogens with zero attached hydrogens (tertiary/aromatic N) is 3. The SMILES string of the molecule is Cn1nc(C(=O)NCC(c2ccccc2Cl)N2CCOCC2)cc1C1CC1. The lowest BCUT2D eigenvalue weighted by Crippen LogP contribution is -2.44. The zero-order chi connectivity index (χ0) is 18.8. The van der Waals surface area contributed by atoms with Crippen molar-refractivity contribution in [2.45, 2.75) is 24.8 Å². The van der Waals surface area contributed by atoms with Gasteiger partial charge in [-0.15, -0.1) is 0 Å². The summed E-state index contributed by atoms with van der Waals surface area (Å²) in [6.07, 6.45) is 2.37. The molecule has 1 saturated carbocycles. The maximum absolute atomic E-state index is 12.7. The first-order valence-electron chi connectivity index (χ1n) is 9.52. The van der Waals surface area contributed by atoms with Crippen molar-refractivity contribution in [2.75, 3.05) is 32.8 Å². The van der Waals surface area contributed by atoms with Crippen LogP contribution in [0.1, 0.15) is 46.5 Å². The summed E-state index contributed by atoms with van der Waals surface area (Å²) in [4.78, 5) is 15.0. The fourth-order valence-electron chi connectivity index (χ4n) is 3.70. The lowest BCUT2D eigenvalue weighted by Gasteiger charge is -2.35. The summed E-state index contributed by atoms with van der Waals surface area (Å²) in [6.45, 7) is 3.51. The van der Waals surface area contributed by atoms with Gasteiger partial charge in [0.15, 0.2) is 0 Å². The van der Waals surface area contributed by atoms with Gasteiger partial charge in [0.2, 0.25) is 0 Å². The van der Waals surface area contributed by atoms with Crippen LogP contribution in [0.25, 0.3) is 0 Å². The van der Waals surface area contributed by atoms with Gasteiger partial charge in [0, 0.05) is 43.3 Å². The minimum absolute atomic E-state index is 0.0122. The molecule has 1 amide bonds. The van der Waals surface area contributed by atoms with Gasteiger partial charge in [-0.25, -0.2) is 0 Å². The van der Waals surface area contributed by atoms with Crippen molar-refractivity contribution in [2.24, 2.45) is 7.05 Å². The maximum atomic E-state index is 12.7. The Morgan fingerprint density at radius 2 is 2.07 bits per heavy atom. The van der Waals surface area contributed by atoms with Crippen LogP contribution in [-0.4, -0.2) is 53.4 Å². The van der Waals surface area contributed by atoms with E-state index in [2.05, 4.69) is 15.3 Å². The van der Waals surface area contributed by atoms with Crippen molar-refractivity contribution >= 4 is 17.5 Å². The first kappa shape index (κ1) is 18.5. The van der Waals surface area contributed by atoms with Crippen molar-refractivity contribution in [3.63, 3.8) is 0 Å². The normalized spacial score (nSPS) is 19.0. The highest BCUT2D eigenvalue weighted by Gasteiger charge is 2.29. The highest BCUT2D eigenvalue weighted by atomic mass is 35.5. The predicted octanol–water partition coefficient (Wildman–Crippen LogP) is 2.75. The second-order valence-electron chi connectivity index (χ2n) is 7.25. The van der Waals surface area contributed by atoms with Crippen LogP contribution in [0.3, 0.4) is 0 Å². The molecule has 2 heterocycles. The fraction of sp³-hybridized carbons (Fsp3) is 0.500. The number of ether oxygens (including phenoxy) is 1. The van der Waals surface area contributed by atoms with Crippen LogP contribution in [-0.2, 0) is 11.8 Å². The van der Waals surface area contributed by atoms with Gasteiger partial charge in [0.1, 0.15) is 5.69 Å². The maximum Gasteiger partial charge on any atom is 0.271 e. The van der Waals surface area contributed by atoms with Crippen LogP contribution >= 0.6 is 11.6 Å². The summed E-state index contributed by atoms with van der Waals surface area (Å²) >= 11 is 6.45. The molecule has 2 fully saturated rings. The highest BCUT2D eigenvalue weighted by Crippen LogP contribution is 2.39. The molecule has 1 aromatic heterocycles. The first-order chi connectivity index (χ1) is 13.1. The molecule has 6 nitrogen and oxygen atoms in total. The van der Waals surface area contributed by atoms with E-state index < -0.39 is 0 Å². The number of nitrogens with one attached hydrogen (secondary N) is 1. The molecule has 1 N–H and O–H groups in total. The van der Waals surface area contributed by atoms with Gasteiger partial charge in [-0.2, -0.15) is 5.10 Å². The second kappa shape index (κ2) is 8.00. The third-order valence-corrected chi connectivity index (χ3v) is 5.70. The van der Waals surface area contributed by atoms with Gasteiger partial charge < -0.3 is 10.1 Å². The Labute approximate surface area is 164 Å².